The second kappa shape index (κ2) is 7.98. The minimum atomic E-state index is -0.133. The zero-order valence-electron chi connectivity index (χ0n) is 20.6. The zero-order chi connectivity index (χ0) is 22.6. The fourth-order valence-corrected chi connectivity index (χ4v) is 8.02. The lowest BCUT2D eigenvalue weighted by Gasteiger charge is -2.58. The predicted octanol–water partition coefficient (Wildman–Crippen LogP) is 4.12. The third-order valence-electron chi connectivity index (χ3n) is 9.56. The number of quaternary nitrogens is 1. The van der Waals surface area contributed by atoms with Crippen LogP contribution in [0.5, 0.6) is 0 Å². The van der Waals surface area contributed by atoms with Crippen molar-refractivity contribution in [2.75, 3.05) is 27.7 Å². The molecule has 0 bridgehead atoms. The van der Waals surface area contributed by atoms with E-state index in [1.807, 2.05) is 21.1 Å². The van der Waals surface area contributed by atoms with Gasteiger partial charge in [-0.3, -0.25) is 4.79 Å². The van der Waals surface area contributed by atoms with Gasteiger partial charge in [-0.05, 0) is 86.9 Å². The Morgan fingerprint density at radius 1 is 1.16 bits per heavy atom. The van der Waals surface area contributed by atoms with Crippen molar-refractivity contribution >= 4 is 11.6 Å². The number of likely N-dealkylation sites (N-methyl/N-ethyl adjacent to an activating group) is 1. The van der Waals surface area contributed by atoms with Gasteiger partial charge in [0.15, 0.2) is 6.54 Å². The quantitative estimate of drug-likeness (QED) is 0.305. The maximum absolute atomic E-state index is 12.3. The Morgan fingerprint density at radius 2 is 1.90 bits per heavy atom. The Labute approximate surface area is 188 Å². The molecule has 0 aromatic heterocycles. The molecule has 174 valence electrons. The van der Waals surface area contributed by atoms with Crippen LogP contribution in [0.4, 0.5) is 0 Å². The third-order valence-corrected chi connectivity index (χ3v) is 9.56. The Bertz CT molecular complexity index is 782. The Balaban J connectivity index is 1.49. The summed E-state index contributed by atoms with van der Waals surface area (Å²) < 4.78 is 0.609. The van der Waals surface area contributed by atoms with E-state index in [0.717, 1.165) is 42.7 Å². The highest BCUT2D eigenvalue weighted by Gasteiger charge is 2.59. The van der Waals surface area contributed by atoms with Gasteiger partial charge in [0.05, 0.1) is 27.2 Å². The third kappa shape index (κ3) is 4.13. The van der Waals surface area contributed by atoms with Crippen LogP contribution in [0, 0.1) is 34.5 Å². The van der Waals surface area contributed by atoms with Gasteiger partial charge in [-0.25, -0.2) is 5.43 Å². The Morgan fingerprint density at radius 3 is 2.61 bits per heavy atom. The molecule has 0 saturated heterocycles. The number of hydrazone groups is 1. The molecular weight excluding hydrogens is 386 g/mol. The zero-order valence-corrected chi connectivity index (χ0v) is 20.6. The number of aliphatic hydroxyl groups is 1. The summed E-state index contributed by atoms with van der Waals surface area (Å²) in [4.78, 5) is 12.3. The van der Waals surface area contributed by atoms with Gasteiger partial charge in [0.1, 0.15) is 0 Å². The van der Waals surface area contributed by atoms with Crippen LogP contribution in [-0.4, -0.2) is 55.0 Å². The Hall–Kier alpha value is -1.20. The number of rotatable bonds is 4. The summed E-state index contributed by atoms with van der Waals surface area (Å²) in [7, 11) is 6.07. The van der Waals surface area contributed by atoms with Crippen molar-refractivity contribution < 1.29 is 14.4 Å². The molecule has 5 nitrogen and oxygen atoms in total. The van der Waals surface area contributed by atoms with Gasteiger partial charge in [0.2, 0.25) is 0 Å². The summed E-state index contributed by atoms with van der Waals surface area (Å²) in [6.07, 6.45) is 11.6. The van der Waals surface area contributed by atoms with Crippen molar-refractivity contribution in [3.8, 4) is 0 Å². The molecule has 4 aliphatic rings. The van der Waals surface area contributed by atoms with E-state index >= 15 is 0 Å². The van der Waals surface area contributed by atoms with Gasteiger partial charge < -0.3 is 9.59 Å². The van der Waals surface area contributed by atoms with Gasteiger partial charge in [-0.15, -0.1) is 0 Å². The molecule has 1 amide bonds. The molecule has 0 aliphatic heterocycles. The largest absolute Gasteiger partial charge is 0.393 e. The second-order valence-corrected chi connectivity index (χ2v) is 12.6. The summed E-state index contributed by atoms with van der Waals surface area (Å²) >= 11 is 0. The minimum absolute atomic E-state index is 0.00684. The first-order valence-electron chi connectivity index (χ1n) is 12.4. The highest BCUT2D eigenvalue weighted by atomic mass is 16.3. The first-order chi connectivity index (χ1) is 14.4. The van der Waals surface area contributed by atoms with Crippen LogP contribution in [0.25, 0.3) is 0 Å². The summed E-state index contributed by atoms with van der Waals surface area (Å²) in [6.45, 7) is 7.56. The molecule has 0 radical (unpaired) electrons. The van der Waals surface area contributed by atoms with Crippen molar-refractivity contribution in [3.05, 3.63) is 11.6 Å². The monoisotopic (exact) mass is 430 g/mol. The molecule has 7 atom stereocenters. The summed E-state index contributed by atoms with van der Waals surface area (Å²) in [6, 6.07) is 0. The van der Waals surface area contributed by atoms with Crippen LogP contribution < -0.4 is 5.43 Å². The average molecular weight is 431 g/mol. The molecule has 0 heterocycles. The first kappa shape index (κ1) is 23.0. The summed E-state index contributed by atoms with van der Waals surface area (Å²) in [5.74, 6) is 2.72. The maximum atomic E-state index is 12.3. The topological polar surface area (TPSA) is 61.7 Å². The highest BCUT2D eigenvalue weighted by molar-refractivity contribution is 5.87. The predicted molar refractivity (Wildman–Crippen MR) is 125 cm³/mol. The molecule has 2 N–H and O–H groups in total. The molecule has 3 fully saturated rings. The molecule has 3 saturated carbocycles. The molecule has 5 heteroatoms. The number of nitrogens with one attached hydrogen (secondary N) is 1. The van der Waals surface area contributed by atoms with Gasteiger partial charge in [0, 0.05) is 11.6 Å². The van der Waals surface area contributed by atoms with Crippen molar-refractivity contribution in [2.24, 2.45) is 39.6 Å². The molecule has 7 unspecified atom stereocenters. The van der Waals surface area contributed by atoms with E-state index in [4.69, 9.17) is 0 Å². The fourth-order valence-electron chi connectivity index (χ4n) is 8.02. The SMILES string of the molecule is C/C(=N\NC(=O)C[N+](C)(C)C)C1CCC2C3CC=C4CC(O)CCC4(C)C3CCC12C. The van der Waals surface area contributed by atoms with Crippen LogP contribution in [0.2, 0.25) is 0 Å². The van der Waals surface area contributed by atoms with E-state index in [1.165, 1.54) is 32.1 Å². The first-order valence-corrected chi connectivity index (χ1v) is 12.4. The van der Waals surface area contributed by atoms with Crippen molar-refractivity contribution in [1.82, 2.24) is 5.43 Å². The van der Waals surface area contributed by atoms with Crippen LogP contribution >= 0.6 is 0 Å². The average Bonchev–Trinajstić information content (AvgIpc) is 3.02. The van der Waals surface area contributed by atoms with Crippen LogP contribution in [0.3, 0.4) is 0 Å². The number of nitrogens with zero attached hydrogens (tertiary/aromatic N) is 2. The van der Waals surface area contributed by atoms with E-state index in [1.54, 1.807) is 5.57 Å². The number of fused-ring (bicyclic) bond motifs is 5. The van der Waals surface area contributed by atoms with Crippen molar-refractivity contribution in [1.29, 1.82) is 0 Å². The fraction of sp³-hybridized carbons (Fsp3) is 0.846. The number of amides is 1. The summed E-state index contributed by atoms with van der Waals surface area (Å²) in [5, 5.41) is 14.8. The lowest BCUT2D eigenvalue weighted by molar-refractivity contribution is -0.862. The number of hydrogen-bond acceptors (Lipinski definition) is 3. The number of carbonyl (C=O) groups excluding carboxylic acids is 1. The molecule has 0 aromatic carbocycles. The maximum Gasteiger partial charge on any atom is 0.295 e. The van der Waals surface area contributed by atoms with E-state index in [9.17, 15) is 9.90 Å². The number of hydrogen-bond donors (Lipinski definition) is 2. The van der Waals surface area contributed by atoms with Gasteiger partial charge >= 0.3 is 0 Å². The number of aliphatic hydroxyl groups excluding tert-OH is 1. The molecule has 0 spiro atoms. The van der Waals surface area contributed by atoms with E-state index in [2.05, 4.69) is 37.4 Å². The normalized spacial score (nSPS) is 42.9. The second-order valence-electron chi connectivity index (χ2n) is 12.6. The number of allylic oxidation sites excluding steroid dienone is 1. The number of carbonyl (C=O) groups is 1. The van der Waals surface area contributed by atoms with Crippen molar-refractivity contribution in [3.63, 3.8) is 0 Å². The van der Waals surface area contributed by atoms with Gasteiger partial charge in [0.25, 0.3) is 5.91 Å². The van der Waals surface area contributed by atoms with Gasteiger partial charge in [-0.1, -0.05) is 25.5 Å². The van der Waals surface area contributed by atoms with Crippen LogP contribution in [-0.2, 0) is 4.79 Å². The highest BCUT2D eigenvalue weighted by Crippen LogP contribution is 2.66. The molecule has 31 heavy (non-hydrogen) atoms. The molecule has 4 aliphatic carbocycles. The lowest BCUT2D eigenvalue weighted by atomic mass is 9.47. The van der Waals surface area contributed by atoms with Crippen molar-refractivity contribution in [2.45, 2.75) is 78.2 Å². The Kier molecular flexibility index (Phi) is 5.92. The van der Waals surface area contributed by atoms with E-state index < -0.39 is 0 Å². The smallest absolute Gasteiger partial charge is 0.295 e. The molecular formula is C26H44N3O2+. The minimum Gasteiger partial charge on any atom is -0.393 e. The summed E-state index contributed by atoms with van der Waals surface area (Å²) in [5.41, 5.74) is 6.07. The lowest BCUT2D eigenvalue weighted by Crippen LogP contribution is -2.51. The van der Waals surface area contributed by atoms with Crippen LogP contribution in [0.15, 0.2) is 16.8 Å². The van der Waals surface area contributed by atoms with Gasteiger partial charge in [-0.2, -0.15) is 5.10 Å². The standard InChI is InChI=1S/C26H43N3O2/c1-17(27-28-24(31)16-29(4,5)6)21-9-10-22-20-8-7-18-15-19(30)11-13-25(18,2)23(20)12-14-26(21,22)3/h7,19-23,30H,8-16H2,1-6H3/p+1/b27-17+. The molecule has 4 rings (SSSR count). The molecule has 0 aromatic rings. The van der Waals surface area contributed by atoms with E-state index in [-0.39, 0.29) is 17.4 Å². The van der Waals surface area contributed by atoms with Crippen LogP contribution in [0.1, 0.15) is 72.1 Å². The van der Waals surface area contributed by atoms with E-state index in [0.29, 0.717) is 22.4 Å².